The van der Waals surface area contributed by atoms with Crippen LogP contribution in [-0.2, 0) is 0 Å². The largest absolute Gasteiger partial charge is 0.478 e. The molecule has 86 valence electrons. The van der Waals surface area contributed by atoms with Crippen molar-refractivity contribution in [3.05, 3.63) is 53.1 Å². The maximum absolute atomic E-state index is 13.0. The highest BCUT2D eigenvalue weighted by Gasteiger charge is 2.09. The zero-order valence-electron chi connectivity index (χ0n) is 8.52. The van der Waals surface area contributed by atoms with Gasteiger partial charge in [-0.3, -0.25) is 4.98 Å². The number of carboxylic acids is 1. The highest BCUT2D eigenvalue weighted by molar-refractivity contribution is 6.33. The highest BCUT2D eigenvalue weighted by atomic mass is 35.5. The molecule has 5 heteroatoms. The lowest BCUT2D eigenvalue weighted by Gasteiger charge is -2.05. The van der Waals surface area contributed by atoms with E-state index < -0.39 is 11.8 Å². The Morgan fingerprint density at radius 2 is 2.06 bits per heavy atom. The molecule has 2 aromatic rings. The molecule has 1 N–H and O–H groups in total. The molecule has 1 aromatic heterocycles. The summed E-state index contributed by atoms with van der Waals surface area (Å²) < 4.78 is 13.0. The van der Waals surface area contributed by atoms with Crippen molar-refractivity contribution in [2.45, 2.75) is 0 Å². The molecule has 0 amide bonds. The predicted molar refractivity (Wildman–Crippen MR) is 61.6 cm³/mol. The summed E-state index contributed by atoms with van der Waals surface area (Å²) in [6.45, 7) is 0. The van der Waals surface area contributed by atoms with E-state index in [2.05, 4.69) is 4.98 Å². The monoisotopic (exact) mass is 251 g/mol. The Kier molecular flexibility index (Phi) is 3.06. The van der Waals surface area contributed by atoms with Crippen molar-refractivity contribution in [2.24, 2.45) is 0 Å². The van der Waals surface area contributed by atoms with Gasteiger partial charge in [0, 0.05) is 22.3 Å². The maximum atomic E-state index is 13.0. The molecule has 0 saturated heterocycles. The van der Waals surface area contributed by atoms with Gasteiger partial charge in [-0.25, -0.2) is 9.18 Å². The molecule has 2 rings (SSSR count). The summed E-state index contributed by atoms with van der Waals surface area (Å²) in [5.41, 5.74) is 1.14. The second kappa shape index (κ2) is 4.51. The fraction of sp³-hybridized carbons (Fsp3) is 0. The quantitative estimate of drug-likeness (QED) is 0.891. The minimum Gasteiger partial charge on any atom is -0.478 e. The predicted octanol–water partition coefficient (Wildman–Crippen LogP) is 3.24. The normalized spacial score (nSPS) is 10.2. The molecule has 0 aliphatic rings. The number of halogens is 2. The van der Waals surface area contributed by atoms with E-state index in [-0.39, 0.29) is 10.6 Å². The van der Waals surface area contributed by atoms with E-state index in [0.29, 0.717) is 11.1 Å². The third-order valence-corrected chi connectivity index (χ3v) is 2.54. The van der Waals surface area contributed by atoms with E-state index in [9.17, 15) is 9.18 Å². The molecule has 0 radical (unpaired) electrons. The van der Waals surface area contributed by atoms with E-state index >= 15 is 0 Å². The number of rotatable bonds is 2. The van der Waals surface area contributed by atoms with Gasteiger partial charge in [-0.05, 0) is 18.2 Å². The van der Waals surface area contributed by atoms with Crippen molar-refractivity contribution in [2.75, 3.05) is 0 Å². The van der Waals surface area contributed by atoms with Crippen molar-refractivity contribution in [3.8, 4) is 11.1 Å². The first-order valence-electron chi connectivity index (χ1n) is 4.71. The second-order valence-corrected chi connectivity index (χ2v) is 3.80. The number of hydrogen-bond donors (Lipinski definition) is 1. The summed E-state index contributed by atoms with van der Waals surface area (Å²) in [6, 6.07) is 5.55. The molecule has 1 aromatic carbocycles. The van der Waals surface area contributed by atoms with E-state index in [0.717, 1.165) is 6.20 Å². The Morgan fingerprint density at radius 1 is 1.29 bits per heavy atom. The first-order valence-corrected chi connectivity index (χ1v) is 5.09. The highest BCUT2D eigenvalue weighted by Crippen LogP contribution is 2.28. The maximum Gasteiger partial charge on any atom is 0.335 e. The van der Waals surface area contributed by atoms with Gasteiger partial charge < -0.3 is 5.11 Å². The third kappa shape index (κ3) is 2.42. The number of aromatic nitrogens is 1. The van der Waals surface area contributed by atoms with Gasteiger partial charge >= 0.3 is 5.97 Å². The van der Waals surface area contributed by atoms with Crippen molar-refractivity contribution >= 4 is 17.6 Å². The summed E-state index contributed by atoms with van der Waals surface area (Å²) in [5.74, 6) is -1.53. The van der Waals surface area contributed by atoms with Crippen LogP contribution >= 0.6 is 11.6 Å². The molecule has 3 nitrogen and oxygen atoms in total. The van der Waals surface area contributed by atoms with Gasteiger partial charge in [0.05, 0.1) is 11.8 Å². The van der Waals surface area contributed by atoms with Crippen LogP contribution < -0.4 is 0 Å². The summed E-state index contributed by atoms with van der Waals surface area (Å²) in [5, 5.41) is 9.03. The van der Waals surface area contributed by atoms with Crippen LogP contribution in [0.4, 0.5) is 4.39 Å². The minimum atomic E-state index is -1.06. The Balaban J connectivity index is 2.50. The second-order valence-electron chi connectivity index (χ2n) is 3.39. The summed E-state index contributed by atoms with van der Waals surface area (Å²) >= 11 is 5.95. The van der Waals surface area contributed by atoms with Crippen molar-refractivity contribution in [1.29, 1.82) is 0 Å². The molecule has 0 aliphatic heterocycles. The van der Waals surface area contributed by atoms with E-state index in [4.69, 9.17) is 16.7 Å². The van der Waals surface area contributed by atoms with Crippen molar-refractivity contribution < 1.29 is 14.3 Å². The lowest BCUT2D eigenvalue weighted by atomic mass is 10.1. The molecule has 0 fully saturated rings. The van der Waals surface area contributed by atoms with Crippen LogP contribution in [0, 0.1) is 5.82 Å². The first kappa shape index (κ1) is 11.5. The number of aromatic carboxylic acids is 1. The molecule has 1 heterocycles. The summed E-state index contributed by atoms with van der Waals surface area (Å²) in [7, 11) is 0. The molecule has 0 atom stereocenters. The van der Waals surface area contributed by atoms with Gasteiger partial charge in [0.25, 0.3) is 0 Å². The minimum absolute atomic E-state index is 0.0862. The van der Waals surface area contributed by atoms with Gasteiger partial charge in [0.15, 0.2) is 0 Å². The fourth-order valence-electron chi connectivity index (χ4n) is 1.44. The van der Waals surface area contributed by atoms with Crippen LogP contribution in [0.15, 0.2) is 36.7 Å². The van der Waals surface area contributed by atoms with Crippen LogP contribution in [0.5, 0.6) is 0 Å². The number of pyridine rings is 1. The van der Waals surface area contributed by atoms with Crippen LogP contribution in [0.3, 0.4) is 0 Å². The van der Waals surface area contributed by atoms with E-state index in [1.54, 1.807) is 0 Å². The van der Waals surface area contributed by atoms with Gasteiger partial charge in [0.2, 0.25) is 0 Å². The molecule has 17 heavy (non-hydrogen) atoms. The van der Waals surface area contributed by atoms with Gasteiger partial charge in [-0.15, -0.1) is 0 Å². The Labute approximate surface area is 101 Å². The molecule has 0 bridgehead atoms. The molecule has 0 unspecified atom stereocenters. The van der Waals surface area contributed by atoms with Crippen LogP contribution in [0.1, 0.15) is 10.4 Å². The third-order valence-electron chi connectivity index (χ3n) is 2.23. The van der Waals surface area contributed by atoms with Gasteiger partial charge in [0.1, 0.15) is 5.82 Å². The lowest BCUT2D eigenvalue weighted by Crippen LogP contribution is -1.96. The first-order chi connectivity index (χ1) is 8.08. The number of hydrogen-bond acceptors (Lipinski definition) is 2. The summed E-state index contributed by atoms with van der Waals surface area (Å²) in [6.07, 6.45) is 2.55. The van der Waals surface area contributed by atoms with Crippen molar-refractivity contribution in [1.82, 2.24) is 4.98 Å². The van der Waals surface area contributed by atoms with Crippen LogP contribution in [0.2, 0.25) is 5.02 Å². The Bertz CT molecular complexity index is 586. The molecule has 0 saturated carbocycles. The Hall–Kier alpha value is -1.94. The van der Waals surface area contributed by atoms with E-state index in [1.807, 2.05) is 0 Å². The molecular formula is C12H7ClFNO2. The number of nitrogens with zero attached hydrogens (tertiary/aromatic N) is 1. The average Bonchev–Trinajstić information content (AvgIpc) is 2.28. The average molecular weight is 252 g/mol. The Morgan fingerprint density at radius 3 is 2.65 bits per heavy atom. The number of carboxylic acid groups (broad SMARTS) is 1. The van der Waals surface area contributed by atoms with Crippen LogP contribution in [-0.4, -0.2) is 16.1 Å². The van der Waals surface area contributed by atoms with Gasteiger partial charge in [-0.2, -0.15) is 0 Å². The smallest absolute Gasteiger partial charge is 0.335 e. The lowest BCUT2D eigenvalue weighted by molar-refractivity contribution is 0.0697. The molecule has 0 spiro atoms. The SMILES string of the molecule is O=C(O)c1ccc(-c2cncc(F)c2)c(Cl)c1. The molecule has 0 aliphatic carbocycles. The number of carbonyl (C=O) groups is 1. The standard InChI is InChI=1S/C12H7ClFNO2/c13-11-4-7(12(16)17)1-2-10(11)8-3-9(14)6-15-5-8/h1-6H,(H,16,17). The molecular weight excluding hydrogens is 245 g/mol. The van der Waals surface area contributed by atoms with E-state index in [1.165, 1.54) is 30.5 Å². The number of benzene rings is 1. The zero-order chi connectivity index (χ0) is 12.4. The zero-order valence-corrected chi connectivity index (χ0v) is 9.28. The fourth-order valence-corrected chi connectivity index (χ4v) is 1.73. The van der Waals surface area contributed by atoms with Crippen LogP contribution in [0.25, 0.3) is 11.1 Å². The van der Waals surface area contributed by atoms with Crippen molar-refractivity contribution in [3.63, 3.8) is 0 Å². The summed E-state index contributed by atoms with van der Waals surface area (Å²) in [4.78, 5) is 14.4. The topological polar surface area (TPSA) is 50.2 Å². The van der Waals surface area contributed by atoms with Gasteiger partial charge in [-0.1, -0.05) is 17.7 Å².